The van der Waals surface area contributed by atoms with Crippen LogP contribution >= 0.6 is 35.0 Å². The lowest BCUT2D eigenvalue weighted by molar-refractivity contribution is -0.116. The van der Waals surface area contributed by atoms with E-state index in [1.54, 1.807) is 84.9 Å². The third-order valence-corrected chi connectivity index (χ3v) is 8.24. The summed E-state index contributed by atoms with van der Waals surface area (Å²) in [5, 5.41) is 17.6. The largest absolute Gasteiger partial charge is 0.478 e. The van der Waals surface area contributed by atoms with Crippen LogP contribution in [0.15, 0.2) is 108 Å². The molecule has 11 heteroatoms. The molecule has 3 amide bonds. The van der Waals surface area contributed by atoms with Crippen LogP contribution in [-0.4, -0.2) is 34.0 Å². The number of carboxylic acids is 1. The zero-order valence-corrected chi connectivity index (χ0v) is 25.7. The third kappa shape index (κ3) is 8.73. The lowest BCUT2D eigenvalue weighted by Crippen LogP contribution is -2.30. The summed E-state index contributed by atoms with van der Waals surface area (Å²) < 4.78 is 0. The summed E-state index contributed by atoms with van der Waals surface area (Å²) in [5.74, 6) is -2.49. The standard InChI is InChI=1S/C33H27Cl2N3O5S/c1-2-29(32(41)37-22-12-6-11-21(17-22)33(42)43)44-24-14-7-13-23(18-24)36-31(40)28(19-25-26(34)15-8-16-27(25)35)38-30(39)20-9-4-3-5-10-20/h3-19,29H,2H2,1H3,(H,36,40)(H,37,41)(H,38,39)(H,42,43)/b28-19+. The van der Waals surface area contributed by atoms with E-state index in [2.05, 4.69) is 16.0 Å². The quantitative estimate of drug-likeness (QED) is 0.0981. The number of carbonyl (C=O) groups excluding carboxylic acids is 3. The van der Waals surface area contributed by atoms with Crippen molar-refractivity contribution in [3.8, 4) is 0 Å². The normalized spacial score (nSPS) is 11.8. The fourth-order valence-electron chi connectivity index (χ4n) is 4.02. The van der Waals surface area contributed by atoms with Gasteiger partial charge in [0.15, 0.2) is 0 Å². The number of carbonyl (C=O) groups is 4. The Morgan fingerprint density at radius 2 is 1.41 bits per heavy atom. The van der Waals surface area contributed by atoms with Crippen molar-refractivity contribution in [1.82, 2.24) is 5.32 Å². The molecule has 0 saturated carbocycles. The highest BCUT2D eigenvalue weighted by Gasteiger charge is 2.20. The first-order valence-corrected chi connectivity index (χ1v) is 15.0. The average Bonchev–Trinajstić information content (AvgIpc) is 3.01. The molecule has 8 nitrogen and oxygen atoms in total. The van der Waals surface area contributed by atoms with Gasteiger partial charge in [-0.3, -0.25) is 14.4 Å². The predicted octanol–water partition coefficient (Wildman–Crippen LogP) is 7.61. The molecule has 0 radical (unpaired) electrons. The van der Waals surface area contributed by atoms with Gasteiger partial charge in [-0.1, -0.05) is 66.5 Å². The second-order valence-electron chi connectivity index (χ2n) is 9.39. The number of halogens is 2. The summed E-state index contributed by atoms with van der Waals surface area (Å²) in [6, 6.07) is 26.3. The zero-order chi connectivity index (χ0) is 31.6. The first-order chi connectivity index (χ1) is 21.1. The van der Waals surface area contributed by atoms with Crippen LogP contribution in [-0.2, 0) is 9.59 Å². The Balaban J connectivity index is 1.52. The monoisotopic (exact) mass is 647 g/mol. The van der Waals surface area contributed by atoms with E-state index in [-0.39, 0.29) is 17.2 Å². The molecule has 44 heavy (non-hydrogen) atoms. The van der Waals surface area contributed by atoms with E-state index < -0.39 is 23.0 Å². The molecule has 0 bridgehead atoms. The predicted molar refractivity (Wildman–Crippen MR) is 175 cm³/mol. The Morgan fingerprint density at radius 3 is 2.07 bits per heavy atom. The van der Waals surface area contributed by atoms with Crippen LogP contribution in [0.5, 0.6) is 0 Å². The van der Waals surface area contributed by atoms with Crippen LogP contribution in [0.25, 0.3) is 6.08 Å². The van der Waals surface area contributed by atoms with E-state index in [1.807, 2.05) is 6.92 Å². The summed E-state index contributed by atoms with van der Waals surface area (Å²) >= 11 is 14.0. The van der Waals surface area contributed by atoms with Crippen LogP contribution < -0.4 is 16.0 Å². The Bertz CT molecular complexity index is 1710. The van der Waals surface area contributed by atoms with Crippen LogP contribution in [0.2, 0.25) is 10.0 Å². The molecule has 224 valence electrons. The number of carboxylic acid groups (broad SMARTS) is 1. The maximum Gasteiger partial charge on any atom is 0.335 e. The van der Waals surface area contributed by atoms with Gasteiger partial charge in [0.2, 0.25) is 5.91 Å². The van der Waals surface area contributed by atoms with E-state index >= 15 is 0 Å². The molecule has 0 aromatic heterocycles. The van der Waals surface area contributed by atoms with Crippen molar-refractivity contribution in [2.75, 3.05) is 10.6 Å². The number of thioether (sulfide) groups is 1. The van der Waals surface area contributed by atoms with Crippen molar-refractivity contribution >= 4 is 76.1 Å². The Kier molecular flexibility index (Phi) is 11.2. The molecular formula is C33H27Cl2N3O5S. The van der Waals surface area contributed by atoms with Crippen molar-refractivity contribution in [3.63, 3.8) is 0 Å². The molecule has 4 aromatic carbocycles. The summed E-state index contributed by atoms with van der Waals surface area (Å²) in [4.78, 5) is 51.4. The Labute approximate surface area is 268 Å². The molecule has 0 aliphatic rings. The molecule has 0 fully saturated rings. The second-order valence-corrected chi connectivity index (χ2v) is 11.5. The van der Waals surface area contributed by atoms with Gasteiger partial charge in [-0.25, -0.2) is 4.79 Å². The first kappa shape index (κ1) is 32.3. The van der Waals surface area contributed by atoms with Crippen LogP contribution in [0.4, 0.5) is 11.4 Å². The highest BCUT2D eigenvalue weighted by Crippen LogP contribution is 2.30. The lowest BCUT2D eigenvalue weighted by atomic mass is 10.1. The van der Waals surface area contributed by atoms with Gasteiger partial charge in [-0.05, 0) is 73.2 Å². The minimum absolute atomic E-state index is 0.0668. The molecule has 4 rings (SSSR count). The highest BCUT2D eigenvalue weighted by molar-refractivity contribution is 8.00. The number of aromatic carboxylic acids is 1. The van der Waals surface area contributed by atoms with Gasteiger partial charge in [0.05, 0.1) is 10.8 Å². The first-order valence-electron chi connectivity index (χ1n) is 13.4. The molecule has 4 N–H and O–H groups in total. The van der Waals surface area contributed by atoms with Crippen molar-refractivity contribution < 1.29 is 24.3 Å². The SMILES string of the molecule is CCC(Sc1cccc(NC(=O)/C(=C\c2c(Cl)cccc2Cl)NC(=O)c2ccccc2)c1)C(=O)Nc1cccc(C(=O)O)c1. The molecule has 1 unspecified atom stereocenters. The summed E-state index contributed by atoms with van der Waals surface area (Å²) in [7, 11) is 0. The van der Waals surface area contributed by atoms with E-state index in [4.69, 9.17) is 23.2 Å². The van der Waals surface area contributed by atoms with E-state index in [9.17, 15) is 24.3 Å². The van der Waals surface area contributed by atoms with Crippen molar-refractivity contribution in [2.24, 2.45) is 0 Å². The summed E-state index contributed by atoms with van der Waals surface area (Å²) in [6.45, 7) is 1.86. The van der Waals surface area contributed by atoms with Crippen molar-refractivity contribution in [2.45, 2.75) is 23.5 Å². The molecule has 1 atom stereocenters. The molecule has 0 spiro atoms. The smallest absolute Gasteiger partial charge is 0.335 e. The van der Waals surface area contributed by atoms with Crippen LogP contribution in [0.3, 0.4) is 0 Å². The number of anilines is 2. The highest BCUT2D eigenvalue weighted by atomic mass is 35.5. The van der Waals surface area contributed by atoms with Gasteiger partial charge >= 0.3 is 5.97 Å². The molecular weight excluding hydrogens is 621 g/mol. The number of hydrogen-bond donors (Lipinski definition) is 4. The molecule has 4 aromatic rings. The fraction of sp³-hybridized carbons (Fsp3) is 0.0909. The number of rotatable bonds is 11. The Morgan fingerprint density at radius 1 is 0.795 bits per heavy atom. The minimum Gasteiger partial charge on any atom is -0.478 e. The van der Waals surface area contributed by atoms with Gasteiger partial charge < -0.3 is 21.1 Å². The summed E-state index contributed by atoms with van der Waals surface area (Å²) in [5.41, 5.74) is 1.51. The third-order valence-electron chi connectivity index (χ3n) is 6.23. The summed E-state index contributed by atoms with van der Waals surface area (Å²) in [6.07, 6.45) is 1.90. The average molecular weight is 649 g/mol. The van der Waals surface area contributed by atoms with Gasteiger partial charge in [0, 0.05) is 37.4 Å². The van der Waals surface area contributed by atoms with Crippen LogP contribution in [0.1, 0.15) is 39.6 Å². The van der Waals surface area contributed by atoms with E-state index in [0.29, 0.717) is 43.9 Å². The number of amides is 3. The number of hydrogen-bond acceptors (Lipinski definition) is 5. The maximum absolute atomic E-state index is 13.5. The van der Waals surface area contributed by atoms with Gasteiger partial charge in [0.1, 0.15) is 5.70 Å². The minimum atomic E-state index is -1.09. The topological polar surface area (TPSA) is 125 Å². The Hall–Kier alpha value is -4.57. The van der Waals surface area contributed by atoms with Crippen molar-refractivity contribution in [1.29, 1.82) is 0 Å². The molecule has 0 aliphatic heterocycles. The van der Waals surface area contributed by atoms with Crippen LogP contribution in [0, 0.1) is 0 Å². The van der Waals surface area contributed by atoms with E-state index in [1.165, 1.54) is 30.0 Å². The number of nitrogens with one attached hydrogen (secondary N) is 3. The number of benzene rings is 4. The van der Waals surface area contributed by atoms with Gasteiger partial charge in [-0.15, -0.1) is 11.8 Å². The molecule has 0 saturated heterocycles. The van der Waals surface area contributed by atoms with E-state index in [0.717, 1.165) is 0 Å². The van der Waals surface area contributed by atoms with Gasteiger partial charge in [0.25, 0.3) is 11.8 Å². The molecule has 0 heterocycles. The van der Waals surface area contributed by atoms with Gasteiger partial charge in [-0.2, -0.15) is 0 Å². The van der Waals surface area contributed by atoms with Crippen molar-refractivity contribution in [3.05, 3.63) is 129 Å². The fourth-order valence-corrected chi connectivity index (χ4v) is 5.54. The maximum atomic E-state index is 13.5. The second kappa shape index (κ2) is 15.2. The molecule has 0 aliphatic carbocycles. The lowest BCUT2D eigenvalue weighted by Gasteiger charge is -2.16. The zero-order valence-electron chi connectivity index (χ0n) is 23.3.